The van der Waals surface area contributed by atoms with E-state index in [1.165, 1.54) is 11.1 Å². The zero-order valence-corrected chi connectivity index (χ0v) is 13.0. The maximum absolute atomic E-state index is 4.98. The molecular formula is C13H19NOY-2. The topological polar surface area (TPSA) is 12.5 Å². The van der Waals surface area contributed by atoms with E-state index >= 15 is 0 Å². The molecule has 0 spiro atoms. The molecule has 0 saturated carbocycles. The molecule has 2 nitrogen and oxygen atoms in total. The average molecular weight is 294 g/mol. The van der Waals surface area contributed by atoms with E-state index in [-0.39, 0.29) is 40.1 Å². The molecule has 0 bridgehead atoms. The van der Waals surface area contributed by atoms with Gasteiger partial charge in [-0.3, -0.25) is 4.90 Å². The molecule has 1 aromatic carbocycles. The van der Waals surface area contributed by atoms with Gasteiger partial charge in [-0.25, -0.2) is 7.11 Å². The van der Waals surface area contributed by atoms with Crippen molar-refractivity contribution in [3.63, 3.8) is 0 Å². The summed E-state index contributed by atoms with van der Waals surface area (Å²) in [6, 6.07) is 9.09. The van der Waals surface area contributed by atoms with Crippen LogP contribution >= 0.6 is 0 Å². The zero-order chi connectivity index (χ0) is 9.97. The van der Waals surface area contributed by atoms with Gasteiger partial charge in [0, 0.05) is 51.9 Å². The number of likely N-dealkylation sites (N-methyl/N-ethyl adjacent to an activating group) is 1. The van der Waals surface area contributed by atoms with Gasteiger partial charge in [-0.15, -0.1) is 0 Å². The van der Waals surface area contributed by atoms with Crippen molar-refractivity contribution in [3.05, 3.63) is 49.9 Å². The molecule has 0 saturated heterocycles. The van der Waals surface area contributed by atoms with Crippen molar-refractivity contribution < 1.29 is 37.4 Å². The molecule has 0 aliphatic carbocycles. The largest absolute Gasteiger partial charge is 0.554 e. The van der Waals surface area contributed by atoms with E-state index in [2.05, 4.69) is 43.3 Å². The minimum absolute atomic E-state index is 0. The number of ether oxygens (including phenoxy) is 1. The van der Waals surface area contributed by atoms with Crippen LogP contribution in [0.5, 0.6) is 0 Å². The molecule has 1 aromatic rings. The minimum Gasteiger partial charge on any atom is -0.554 e. The molecule has 1 aliphatic rings. The molecule has 87 valence electrons. The first-order valence-electron chi connectivity index (χ1n) is 4.95. The van der Waals surface area contributed by atoms with Crippen LogP contribution in [0.3, 0.4) is 0 Å². The zero-order valence-electron chi connectivity index (χ0n) is 10.1. The van der Waals surface area contributed by atoms with E-state index < -0.39 is 0 Å². The first-order chi connectivity index (χ1) is 6.81. The van der Waals surface area contributed by atoms with Gasteiger partial charge in [0.05, 0.1) is 0 Å². The summed E-state index contributed by atoms with van der Waals surface area (Å²) < 4.78 is 4.98. The average Bonchev–Trinajstić information content (AvgIpc) is 2.19. The van der Waals surface area contributed by atoms with Crippen LogP contribution in [0.4, 0.5) is 0 Å². The number of rotatable bonds is 2. The van der Waals surface area contributed by atoms with Gasteiger partial charge in [0.25, 0.3) is 0 Å². The predicted octanol–water partition coefficient (Wildman–Crippen LogP) is 2.30. The normalized spacial score (nSPS) is 19.2. The standard InChI is InChI=1S/C12H16NO.CH3.Y/c1-13-8-11-6-4-3-5-10(11)7-12(13)9-14-2;;/h3-6,12H,2,7-9H2,1H3;1H3;/q2*-1;. The Hall–Kier alpha value is 0.244. The fraction of sp³-hybridized carbons (Fsp3) is 0.385. The van der Waals surface area contributed by atoms with Gasteiger partial charge < -0.3 is 12.2 Å². The Balaban J connectivity index is 0.00000112. The van der Waals surface area contributed by atoms with Crippen molar-refractivity contribution in [2.45, 2.75) is 19.0 Å². The molecule has 0 fully saturated rings. The molecule has 2 rings (SSSR count). The van der Waals surface area contributed by atoms with E-state index in [9.17, 15) is 0 Å². The van der Waals surface area contributed by atoms with Crippen LogP contribution in [0.2, 0.25) is 0 Å². The first kappa shape index (κ1) is 16.2. The van der Waals surface area contributed by atoms with Crippen LogP contribution in [0.15, 0.2) is 24.3 Å². The van der Waals surface area contributed by atoms with Crippen molar-refractivity contribution >= 4 is 0 Å². The second kappa shape index (κ2) is 7.55. The van der Waals surface area contributed by atoms with E-state index in [1.54, 1.807) is 0 Å². The molecule has 0 amide bonds. The van der Waals surface area contributed by atoms with Crippen molar-refractivity contribution in [1.29, 1.82) is 0 Å². The van der Waals surface area contributed by atoms with E-state index in [0.717, 1.165) is 13.0 Å². The second-order valence-electron chi connectivity index (χ2n) is 3.91. The van der Waals surface area contributed by atoms with Crippen LogP contribution in [-0.4, -0.2) is 24.6 Å². The van der Waals surface area contributed by atoms with Gasteiger partial charge in [0.1, 0.15) is 0 Å². The summed E-state index contributed by atoms with van der Waals surface area (Å²) in [5.74, 6) is 0. The SMILES string of the molecule is [CH2-]OCC1Cc2ccccc2CN1C.[CH3-].[Y]. The summed E-state index contributed by atoms with van der Waals surface area (Å²) in [5.41, 5.74) is 2.89. The van der Waals surface area contributed by atoms with Crippen molar-refractivity contribution in [3.8, 4) is 0 Å². The Kier molecular flexibility index (Phi) is 7.66. The smallest absolute Gasteiger partial charge is 0.0341 e. The summed E-state index contributed by atoms with van der Waals surface area (Å²) in [6.45, 7) is 1.73. The third-order valence-electron chi connectivity index (χ3n) is 2.93. The molecule has 1 unspecified atom stereocenters. The molecular weight excluding hydrogens is 275 g/mol. The van der Waals surface area contributed by atoms with E-state index in [4.69, 9.17) is 4.74 Å². The third kappa shape index (κ3) is 3.63. The van der Waals surface area contributed by atoms with Crippen LogP contribution < -0.4 is 0 Å². The molecule has 1 heterocycles. The van der Waals surface area contributed by atoms with Crippen LogP contribution in [-0.2, 0) is 50.4 Å². The van der Waals surface area contributed by atoms with Crippen molar-refractivity contribution in [1.82, 2.24) is 4.90 Å². The Morgan fingerprint density at radius 1 is 1.38 bits per heavy atom. The number of nitrogens with zero attached hydrogens (tertiary/aromatic N) is 1. The summed E-state index contributed by atoms with van der Waals surface area (Å²) in [7, 11) is 5.58. The Labute approximate surface area is 124 Å². The number of hydrogen-bond donors (Lipinski definition) is 0. The van der Waals surface area contributed by atoms with Crippen molar-refractivity contribution in [2.75, 3.05) is 13.7 Å². The van der Waals surface area contributed by atoms with E-state index in [1.807, 2.05) is 0 Å². The summed E-state index contributed by atoms with van der Waals surface area (Å²) in [4.78, 5) is 2.33. The molecule has 1 atom stereocenters. The molecule has 16 heavy (non-hydrogen) atoms. The molecule has 1 aliphatic heterocycles. The third-order valence-corrected chi connectivity index (χ3v) is 2.93. The fourth-order valence-electron chi connectivity index (χ4n) is 2.04. The predicted molar refractivity (Wildman–Crippen MR) is 63.1 cm³/mol. The molecule has 0 N–H and O–H groups in total. The number of benzene rings is 1. The van der Waals surface area contributed by atoms with Gasteiger partial charge in [-0.1, -0.05) is 24.3 Å². The quantitative estimate of drug-likeness (QED) is 0.776. The monoisotopic (exact) mass is 294 g/mol. The van der Waals surface area contributed by atoms with Gasteiger partial charge in [0.2, 0.25) is 0 Å². The summed E-state index contributed by atoms with van der Waals surface area (Å²) in [5, 5.41) is 0. The Bertz CT molecular complexity index is 317. The van der Waals surface area contributed by atoms with E-state index in [0.29, 0.717) is 12.6 Å². The second-order valence-corrected chi connectivity index (χ2v) is 3.91. The molecule has 1 radical (unpaired) electrons. The molecule has 3 heteroatoms. The maximum Gasteiger partial charge on any atom is 0.0341 e. The molecule has 0 aromatic heterocycles. The number of hydrogen-bond acceptors (Lipinski definition) is 2. The Morgan fingerprint density at radius 3 is 2.62 bits per heavy atom. The Morgan fingerprint density at radius 2 is 2.00 bits per heavy atom. The van der Waals surface area contributed by atoms with Crippen molar-refractivity contribution in [2.24, 2.45) is 0 Å². The van der Waals surface area contributed by atoms with Crippen LogP contribution in [0.1, 0.15) is 11.1 Å². The summed E-state index contributed by atoms with van der Waals surface area (Å²) >= 11 is 0. The number of fused-ring (bicyclic) bond motifs is 1. The maximum atomic E-state index is 4.98. The van der Waals surface area contributed by atoms with Crippen LogP contribution in [0, 0.1) is 14.5 Å². The summed E-state index contributed by atoms with van der Waals surface area (Å²) in [6.07, 6.45) is 1.07. The van der Waals surface area contributed by atoms with Crippen LogP contribution in [0.25, 0.3) is 0 Å². The van der Waals surface area contributed by atoms with Gasteiger partial charge >= 0.3 is 0 Å². The minimum atomic E-state index is 0. The fourth-order valence-corrected chi connectivity index (χ4v) is 2.04. The van der Waals surface area contributed by atoms with Gasteiger partial charge in [0.15, 0.2) is 0 Å². The first-order valence-corrected chi connectivity index (χ1v) is 4.95. The van der Waals surface area contributed by atoms with Gasteiger partial charge in [-0.2, -0.15) is 0 Å². The van der Waals surface area contributed by atoms with Gasteiger partial charge in [-0.05, 0) is 24.6 Å².